The van der Waals surface area contributed by atoms with Gasteiger partial charge in [0.25, 0.3) is 5.91 Å². The van der Waals surface area contributed by atoms with Gasteiger partial charge >= 0.3 is 5.97 Å². The Morgan fingerprint density at radius 2 is 1.78 bits per heavy atom. The highest BCUT2D eigenvalue weighted by Crippen LogP contribution is 2.33. The van der Waals surface area contributed by atoms with E-state index < -0.39 is 0 Å². The number of hydrogen-bond donors (Lipinski definition) is 3. The molecule has 1 amide bonds. The van der Waals surface area contributed by atoms with Gasteiger partial charge in [-0.1, -0.05) is 27.7 Å². The summed E-state index contributed by atoms with van der Waals surface area (Å²) in [5, 5.41) is 23.8. The van der Waals surface area contributed by atoms with Gasteiger partial charge in [0.2, 0.25) is 0 Å². The zero-order valence-corrected chi connectivity index (χ0v) is 19.8. The van der Waals surface area contributed by atoms with Crippen LogP contribution in [-0.4, -0.2) is 58.3 Å². The number of nitrogens with one attached hydrogen (secondary N) is 1. The fraction of sp³-hybridized carbons (Fsp3) is 0.680. The van der Waals surface area contributed by atoms with Gasteiger partial charge in [0.1, 0.15) is 23.6 Å². The molecule has 1 heterocycles. The van der Waals surface area contributed by atoms with Gasteiger partial charge in [0.05, 0.1) is 5.56 Å². The largest absolute Gasteiger partial charge is 0.508 e. The molecule has 1 aromatic carbocycles. The normalized spacial score (nSPS) is 20.3. The standard InChI is InChI=1S/C25H38N2O5/c1-15(2)11-21(25(31)32-18-7-5-6-8-18)26-17-9-10-27(14-17)24(30)20-12-19(16(3)4)22(28)13-23(20)29/h12-13,15-18,21,26,28-29H,5-11,14H2,1-4H3/t17?,21-/m1/s1. The molecule has 1 aliphatic heterocycles. The monoisotopic (exact) mass is 446 g/mol. The van der Waals surface area contributed by atoms with E-state index in [1.165, 1.54) is 6.07 Å². The van der Waals surface area contributed by atoms with Crippen molar-refractivity contribution in [1.82, 2.24) is 10.2 Å². The van der Waals surface area contributed by atoms with E-state index in [1.54, 1.807) is 11.0 Å². The third-order valence-corrected chi connectivity index (χ3v) is 6.49. The molecule has 0 aromatic heterocycles. The summed E-state index contributed by atoms with van der Waals surface area (Å²) in [7, 11) is 0. The number of phenolic OH excluding ortho intramolecular Hbond substituents is 2. The first-order valence-electron chi connectivity index (χ1n) is 12.0. The number of nitrogens with zero attached hydrogens (tertiary/aromatic N) is 1. The minimum atomic E-state index is -0.384. The maximum atomic E-state index is 13.1. The number of ether oxygens (including phenoxy) is 1. The van der Waals surface area contributed by atoms with Gasteiger partial charge < -0.3 is 19.8 Å². The summed E-state index contributed by atoms with van der Waals surface area (Å²) in [5.74, 6) is -0.307. The molecule has 1 saturated carbocycles. The molecule has 0 bridgehead atoms. The van der Waals surface area contributed by atoms with Crippen LogP contribution in [0.1, 0.15) is 88.1 Å². The minimum absolute atomic E-state index is 0.00711. The van der Waals surface area contributed by atoms with Crippen molar-refractivity contribution < 1.29 is 24.5 Å². The second-order valence-electron chi connectivity index (χ2n) is 10.0. The lowest BCUT2D eigenvalue weighted by Gasteiger charge is -2.25. The number of phenols is 2. The van der Waals surface area contributed by atoms with Crippen LogP contribution in [0.2, 0.25) is 0 Å². The molecule has 2 aliphatic rings. The fourth-order valence-corrected chi connectivity index (χ4v) is 4.72. The van der Waals surface area contributed by atoms with Crippen LogP contribution in [0.4, 0.5) is 0 Å². The topological polar surface area (TPSA) is 99.1 Å². The molecular formula is C25H38N2O5. The minimum Gasteiger partial charge on any atom is -0.508 e. The first kappa shape index (κ1) is 24.4. The predicted octanol–water partition coefficient (Wildman–Crippen LogP) is 3.93. The van der Waals surface area contributed by atoms with Crippen LogP contribution in [0.15, 0.2) is 12.1 Å². The Kier molecular flexibility index (Phi) is 8.04. The van der Waals surface area contributed by atoms with Crippen molar-refractivity contribution in [2.24, 2.45) is 5.92 Å². The van der Waals surface area contributed by atoms with Crippen LogP contribution < -0.4 is 5.32 Å². The van der Waals surface area contributed by atoms with Gasteiger partial charge in [0.15, 0.2) is 0 Å². The van der Waals surface area contributed by atoms with E-state index in [0.717, 1.165) is 32.1 Å². The highest BCUT2D eigenvalue weighted by atomic mass is 16.5. The molecular weight excluding hydrogens is 408 g/mol. The van der Waals surface area contributed by atoms with Gasteiger partial charge in [-0.15, -0.1) is 0 Å². The van der Waals surface area contributed by atoms with E-state index >= 15 is 0 Å². The van der Waals surface area contributed by atoms with E-state index in [2.05, 4.69) is 19.2 Å². The number of carbonyl (C=O) groups is 2. The Morgan fingerprint density at radius 3 is 2.41 bits per heavy atom. The smallest absolute Gasteiger partial charge is 0.323 e. The van der Waals surface area contributed by atoms with Crippen molar-refractivity contribution in [2.75, 3.05) is 13.1 Å². The summed E-state index contributed by atoms with van der Waals surface area (Å²) < 4.78 is 5.75. The van der Waals surface area contributed by atoms with E-state index in [4.69, 9.17) is 4.74 Å². The molecule has 2 fully saturated rings. The number of benzene rings is 1. The van der Waals surface area contributed by atoms with E-state index in [-0.39, 0.29) is 53.0 Å². The number of rotatable bonds is 8. The molecule has 7 nitrogen and oxygen atoms in total. The maximum absolute atomic E-state index is 13.1. The van der Waals surface area contributed by atoms with Gasteiger partial charge in [-0.2, -0.15) is 0 Å². The SMILES string of the molecule is CC(C)C[C@@H](NC1CCN(C(=O)c2cc(C(C)C)c(O)cc2O)C1)C(=O)OC1CCCC1. The van der Waals surface area contributed by atoms with Crippen molar-refractivity contribution in [3.8, 4) is 11.5 Å². The third-order valence-electron chi connectivity index (χ3n) is 6.49. The Balaban J connectivity index is 1.64. The molecule has 1 unspecified atom stereocenters. The summed E-state index contributed by atoms with van der Waals surface area (Å²) in [4.78, 5) is 27.6. The molecule has 1 aliphatic carbocycles. The summed E-state index contributed by atoms with van der Waals surface area (Å²) in [5.41, 5.74) is 0.832. The molecule has 178 valence electrons. The molecule has 1 aromatic rings. The van der Waals surface area contributed by atoms with Crippen molar-refractivity contribution in [3.63, 3.8) is 0 Å². The lowest BCUT2D eigenvalue weighted by atomic mass is 9.98. The number of carbonyl (C=O) groups excluding carboxylic acids is 2. The van der Waals surface area contributed by atoms with Crippen LogP contribution in [0.3, 0.4) is 0 Å². The van der Waals surface area contributed by atoms with Gasteiger partial charge in [-0.25, -0.2) is 0 Å². The van der Waals surface area contributed by atoms with Crippen molar-refractivity contribution >= 4 is 11.9 Å². The molecule has 0 radical (unpaired) electrons. The molecule has 1 saturated heterocycles. The highest BCUT2D eigenvalue weighted by molar-refractivity contribution is 5.97. The van der Waals surface area contributed by atoms with Gasteiger partial charge in [0, 0.05) is 25.2 Å². The van der Waals surface area contributed by atoms with E-state index in [0.29, 0.717) is 31.0 Å². The summed E-state index contributed by atoms with van der Waals surface area (Å²) >= 11 is 0. The van der Waals surface area contributed by atoms with E-state index in [1.807, 2.05) is 13.8 Å². The molecule has 2 atom stereocenters. The Morgan fingerprint density at radius 1 is 1.09 bits per heavy atom. The number of hydrogen-bond acceptors (Lipinski definition) is 6. The fourth-order valence-electron chi connectivity index (χ4n) is 4.72. The lowest BCUT2D eigenvalue weighted by molar-refractivity contribution is -0.152. The Bertz CT molecular complexity index is 817. The maximum Gasteiger partial charge on any atom is 0.323 e. The zero-order valence-electron chi connectivity index (χ0n) is 19.8. The zero-order chi connectivity index (χ0) is 23.4. The quantitative estimate of drug-likeness (QED) is 0.524. The lowest BCUT2D eigenvalue weighted by Crippen LogP contribution is -2.47. The first-order chi connectivity index (χ1) is 15.2. The van der Waals surface area contributed by atoms with Gasteiger partial charge in [-0.05, 0) is 62.0 Å². The summed E-state index contributed by atoms with van der Waals surface area (Å²) in [6.45, 7) is 9.02. The number of esters is 1. The molecule has 3 rings (SSSR count). The number of aromatic hydroxyl groups is 2. The number of likely N-dealkylation sites (tertiary alicyclic amines) is 1. The molecule has 0 spiro atoms. The van der Waals surface area contributed by atoms with Crippen molar-refractivity contribution in [2.45, 2.75) is 90.3 Å². The van der Waals surface area contributed by atoms with Gasteiger partial charge in [-0.3, -0.25) is 14.9 Å². The molecule has 7 heteroatoms. The summed E-state index contributed by atoms with van der Waals surface area (Å²) in [6, 6.07) is 2.43. The average Bonchev–Trinajstić information content (AvgIpc) is 3.38. The highest BCUT2D eigenvalue weighted by Gasteiger charge is 2.33. The third kappa shape index (κ3) is 5.94. The predicted molar refractivity (Wildman–Crippen MR) is 123 cm³/mol. The van der Waals surface area contributed by atoms with Crippen LogP contribution in [0.25, 0.3) is 0 Å². The van der Waals surface area contributed by atoms with Crippen molar-refractivity contribution in [3.05, 3.63) is 23.3 Å². The van der Waals surface area contributed by atoms with E-state index in [9.17, 15) is 19.8 Å². The van der Waals surface area contributed by atoms with Crippen LogP contribution in [0, 0.1) is 5.92 Å². The molecule has 32 heavy (non-hydrogen) atoms. The number of amides is 1. The second-order valence-corrected chi connectivity index (χ2v) is 10.0. The summed E-state index contributed by atoms with van der Waals surface area (Å²) in [6.07, 6.45) is 5.57. The Hall–Kier alpha value is -2.28. The molecule has 3 N–H and O–H groups in total. The van der Waals surface area contributed by atoms with Crippen molar-refractivity contribution in [1.29, 1.82) is 0 Å². The van der Waals surface area contributed by atoms with Crippen LogP contribution >= 0.6 is 0 Å². The first-order valence-corrected chi connectivity index (χ1v) is 12.0. The van der Waals surface area contributed by atoms with Crippen LogP contribution in [0.5, 0.6) is 11.5 Å². The average molecular weight is 447 g/mol. The van der Waals surface area contributed by atoms with Crippen LogP contribution in [-0.2, 0) is 9.53 Å². The Labute approximate surface area is 191 Å². The second kappa shape index (κ2) is 10.6.